The molecule has 0 fully saturated rings. The van der Waals surface area contributed by atoms with Crippen molar-refractivity contribution < 1.29 is 14.7 Å². The van der Waals surface area contributed by atoms with Crippen molar-refractivity contribution in [2.45, 2.75) is 50.3 Å². The minimum absolute atomic E-state index is 0.143. The number of carboxylic acids is 1. The molecule has 0 spiro atoms. The maximum absolute atomic E-state index is 12.8. The number of hydrogen-bond acceptors (Lipinski definition) is 5. The maximum atomic E-state index is 12.8. The Balaban J connectivity index is 1.68. The Labute approximate surface area is 203 Å². The molecule has 178 valence electrons. The summed E-state index contributed by atoms with van der Waals surface area (Å²) in [5, 5.41) is 11.7. The molecule has 0 saturated carbocycles. The Hall–Kier alpha value is -3.39. The summed E-state index contributed by atoms with van der Waals surface area (Å²) in [7, 11) is 0. The molecule has 0 saturated heterocycles. The summed E-state index contributed by atoms with van der Waals surface area (Å²) in [5.41, 5.74) is 1.73. The van der Waals surface area contributed by atoms with Crippen LogP contribution in [0.25, 0.3) is 11.3 Å². The molecular formula is C26H29N3O4S. The third-order valence-electron chi connectivity index (χ3n) is 5.15. The number of thioether (sulfide) groups is 1. The van der Waals surface area contributed by atoms with Crippen molar-refractivity contribution in [1.29, 1.82) is 0 Å². The Bertz CT molecular complexity index is 1190. The molecule has 0 bridgehead atoms. The number of aliphatic carboxylic acids is 1. The number of carbonyl (C=O) groups excluding carboxylic acids is 1. The Morgan fingerprint density at radius 2 is 1.76 bits per heavy atom. The second-order valence-corrected chi connectivity index (χ2v) is 9.62. The maximum Gasteiger partial charge on any atom is 0.316 e. The molecule has 1 heterocycles. The van der Waals surface area contributed by atoms with Gasteiger partial charge in [0.15, 0.2) is 0 Å². The van der Waals surface area contributed by atoms with Crippen molar-refractivity contribution in [3.05, 3.63) is 76.8 Å². The number of aryl methyl sites for hydroxylation is 1. The minimum Gasteiger partial charge on any atom is -0.480 e. The molecule has 1 unspecified atom stereocenters. The summed E-state index contributed by atoms with van der Waals surface area (Å²) in [6.07, 6.45) is 1.08. The fraction of sp³-hybridized carbons (Fsp3) is 0.308. The van der Waals surface area contributed by atoms with Gasteiger partial charge in [0.05, 0.1) is 5.69 Å². The number of nitrogens with zero attached hydrogens (tertiary/aromatic N) is 2. The summed E-state index contributed by atoms with van der Waals surface area (Å²) in [6, 6.07) is 17.9. The summed E-state index contributed by atoms with van der Waals surface area (Å²) >= 11 is 1.30. The first kappa shape index (κ1) is 25.2. The van der Waals surface area contributed by atoms with E-state index >= 15 is 0 Å². The lowest BCUT2D eigenvalue weighted by atomic mass is 10.1. The standard InChI is InChI=1S/C26H29N3O4S/c1-4-23-28-21(18-8-6-5-7-9-18)15-25(31)29(23)16-24(30)27-19-10-12-20(13-11-19)34-22(26(32)33)14-17(2)3/h5-13,15,17,22H,4,14,16H2,1-3H3,(H,27,30)(H,32,33). The van der Waals surface area contributed by atoms with Gasteiger partial charge in [-0.05, 0) is 36.6 Å². The van der Waals surface area contributed by atoms with Crippen LogP contribution < -0.4 is 10.9 Å². The van der Waals surface area contributed by atoms with Gasteiger partial charge in [0.1, 0.15) is 17.6 Å². The van der Waals surface area contributed by atoms with Gasteiger partial charge in [-0.1, -0.05) is 51.1 Å². The molecule has 8 heteroatoms. The van der Waals surface area contributed by atoms with Gasteiger partial charge in [0, 0.05) is 28.6 Å². The van der Waals surface area contributed by atoms with Gasteiger partial charge in [0.25, 0.3) is 5.56 Å². The molecule has 0 aliphatic rings. The highest BCUT2D eigenvalue weighted by atomic mass is 32.2. The van der Waals surface area contributed by atoms with Crippen LogP contribution in [0.5, 0.6) is 0 Å². The molecule has 7 nitrogen and oxygen atoms in total. The Kier molecular flexibility index (Phi) is 8.65. The predicted molar refractivity (Wildman–Crippen MR) is 135 cm³/mol. The number of hydrogen-bond donors (Lipinski definition) is 2. The number of aromatic nitrogens is 2. The molecule has 1 atom stereocenters. The Morgan fingerprint density at radius 1 is 1.09 bits per heavy atom. The van der Waals surface area contributed by atoms with Crippen molar-refractivity contribution in [3.8, 4) is 11.3 Å². The number of amides is 1. The molecule has 0 aliphatic carbocycles. The molecule has 2 aromatic carbocycles. The van der Waals surface area contributed by atoms with E-state index in [0.717, 1.165) is 10.5 Å². The first-order chi connectivity index (χ1) is 16.3. The normalized spacial score (nSPS) is 11.9. The van der Waals surface area contributed by atoms with E-state index in [2.05, 4.69) is 10.3 Å². The third kappa shape index (κ3) is 6.81. The third-order valence-corrected chi connectivity index (χ3v) is 6.38. The van der Waals surface area contributed by atoms with Crippen molar-refractivity contribution in [2.75, 3.05) is 5.32 Å². The highest BCUT2D eigenvalue weighted by molar-refractivity contribution is 8.00. The SMILES string of the molecule is CCc1nc(-c2ccccc2)cc(=O)n1CC(=O)Nc1ccc(SC(CC(C)C)C(=O)O)cc1. The van der Waals surface area contributed by atoms with E-state index in [1.807, 2.05) is 51.1 Å². The minimum atomic E-state index is -0.833. The van der Waals surface area contributed by atoms with Crippen LogP contribution in [0.2, 0.25) is 0 Å². The summed E-state index contributed by atoms with van der Waals surface area (Å²) in [6.45, 7) is 5.74. The number of anilines is 1. The van der Waals surface area contributed by atoms with Crippen molar-refractivity contribution >= 4 is 29.3 Å². The smallest absolute Gasteiger partial charge is 0.316 e. The molecule has 3 rings (SSSR count). The first-order valence-electron chi connectivity index (χ1n) is 11.2. The lowest BCUT2D eigenvalue weighted by molar-refractivity contribution is -0.136. The van der Waals surface area contributed by atoms with Gasteiger partial charge >= 0.3 is 5.97 Å². The summed E-state index contributed by atoms with van der Waals surface area (Å²) < 4.78 is 1.38. The van der Waals surface area contributed by atoms with E-state index < -0.39 is 11.2 Å². The van der Waals surface area contributed by atoms with Gasteiger partial charge in [-0.3, -0.25) is 19.0 Å². The topological polar surface area (TPSA) is 101 Å². The molecule has 2 N–H and O–H groups in total. The first-order valence-corrected chi connectivity index (χ1v) is 12.1. The van der Waals surface area contributed by atoms with E-state index in [1.54, 1.807) is 24.3 Å². The molecule has 34 heavy (non-hydrogen) atoms. The van der Waals surface area contributed by atoms with Crippen molar-refractivity contribution in [2.24, 2.45) is 5.92 Å². The van der Waals surface area contributed by atoms with E-state index in [-0.39, 0.29) is 23.9 Å². The van der Waals surface area contributed by atoms with E-state index in [0.29, 0.717) is 30.0 Å². The van der Waals surface area contributed by atoms with Gasteiger partial charge < -0.3 is 10.4 Å². The number of nitrogens with one attached hydrogen (secondary N) is 1. The lowest BCUT2D eigenvalue weighted by Crippen LogP contribution is -2.30. The van der Waals surface area contributed by atoms with Crippen LogP contribution in [-0.2, 0) is 22.6 Å². The number of carboxylic acid groups (broad SMARTS) is 1. The van der Waals surface area contributed by atoms with Crippen LogP contribution in [0, 0.1) is 5.92 Å². The van der Waals surface area contributed by atoms with Crippen LogP contribution in [0.15, 0.2) is 70.4 Å². The van der Waals surface area contributed by atoms with Crippen LogP contribution in [0.4, 0.5) is 5.69 Å². The van der Waals surface area contributed by atoms with Gasteiger partial charge in [-0.2, -0.15) is 0 Å². The largest absolute Gasteiger partial charge is 0.480 e. The van der Waals surface area contributed by atoms with Crippen LogP contribution in [0.1, 0.15) is 33.0 Å². The van der Waals surface area contributed by atoms with Crippen molar-refractivity contribution in [1.82, 2.24) is 9.55 Å². The van der Waals surface area contributed by atoms with E-state index in [4.69, 9.17) is 0 Å². The van der Waals surface area contributed by atoms with Crippen LogP contribution in [0.3, 0.4) is 0 Å². The number of rotatable bonds is 10. The zero-order chi connectivity index (χ0) is 24.7. The lowest BCUT2D eigenvalue weighted by Gasteiger charge is -2.15. The molecule has 0 aliphatic heterocycles. The van der Waals surface area contributed by atoms with Crippen molar-refractivity contribution in [3.63, 3.8) is 0 Å². The quantitative estimate of drug-likeness (QED) is 0.409. The van der Waals surface area contributed by atoms with E-state index in [9.17, 15) is 19.5 Å². The fourth-order valence-corrected chi connectivity index (χ4v) is 4.71. The molecule has 3 aromatic rings. The highest BCUT2D eigenvalue weighted by Crippen LogP contribution is 2.29. The number of benzene rings is 2. The van der Waals surface area contributed by atoms with E-state index in [1.165, 1.54) is 22.4 Å². The zero-order valence-electron chi connectivity index (χ0n) is 19.5. The summed E-state index contributed by atoms with van der Waals surface area (Å²) in [4.78, 5) is 42.3. The average molecular weight is 480 g/mol. The van der Waals surface area contributed by atoms with Gasteiger partial charge in [-0.25, -0.2) is 4.98 Å². The highest BCUT2D eigenvalue weighted by Gasteiger charge is 2.20. The second kappa shape index (κ2) is 11.7. The average Bonchev–Trinajstić information content (AvgIpc) is 2.81. The zero-order valence-corrected chi connectivity index (χ0v) is 20.3. The molecule has 1 aromatic heterocycles. The van der Waals surface area contributed by atoms with Crippen LogP contribution >= 0.6 is 11.8 Å². The van der Waals surface area contributed by atoms with Gasteiger partial charge in [0.2, 0.25) is 5.91 Å². The number of carbonyl (C=O) groups is 2. The molecule has 0 radical (unpaired) electrons. The Morgan fingerprint density at radius 3 is 2.35 bits per heavy atom. The second-order valence-electron chi connectivity index (χ2n) is 8.35. The summed E-state index contributed by atoms with van der Waals surface area (Å²) in [5.74, 6) is -0.354. The molecular weight excluding hydrogens is 450 g/mol. The fourth-order valence-electron chi connectivity index (χ4n) is 3.50. The monoisotopic (exact) mass is 479 g/mol. The predicted octanol–water partition coefficient (Wildman–Crippen LogP) is 4.70. The molecule has 1 amide bonds. The van der Waals surface area contributed by atoms with Crippen LogP contribution in [-0.4, -0.2) is 31.8 Å². The van der Waals surface area contributed by atoms with Gasteiger partial charge in [-0.15, -0.1) is 11.8 Å².